The summed E-state index contributed by atoms with van der Waals surface area (Å²) in [6, 6.07) is 8.71. The summed E-state index contributed by atoms with van der Waals surface area (Å²) < 4.78 is 0. The fourth-order valence-corrected chi connectivity index (χ4v) is 1.69. The zero-order valence-corrected chi connectivity index (χ0v) is 12.0. The van der Waals surface area contributed by atoms with Gasteiger partial charge in [0, 0.05) is 6.61 Å². The van der Waals surface area contributed by atoms with Gasteiger partial charge in [-0.15, -0.1) is 0 Å². The van der Waals surface area contributed by atoms with Gasteiger partial charge in [-0.1, -0.05) is 44.4 Å². The fraction of sp³-hybridized carbons (Fsp3) is 0.625. The summed E-state index contributed by atoms with van der Waals surface area (Å²) in [6.45, 7) is 2.42. The lowest BCUT2D eigenvalue weighted by molar-refractivity contribution is 0.144. The second-order valence-corrected chi connectivity index (χ2v) is 4.70. The molecule has 0 aliphatic carbocycles. The molecule has 0 heterocycles. The monoisotopic (exact) mass is 268 g/mol. The van der Waals surface area contributed by atoms with Gasteiger partial charge in [0.05, 0.1) is 6.10 Å². The molecule has 0 aliphatic rings. The van der Waals surface area contributed by atoms with Crippen LogP contribution < -0.4 is 0 Å². The summed E-state index contributed by atoms with van der Waals surface area (Å²) in [5.74, 6) is 0.322. The number of phenolic OH excluding ortho intramolecular Hbond substituents is 1. The van der Waals surface area contributed by atoms with E-state index in [1.165, 1.54) is 12.8 Å². The molecule has 0 saturated carbocycles. The van der Waals surface area contributed by atoms with Crippen molar-refractivity contribution < 1.29 is 15.3 Å². The molecule has 1 unspecified atom stereocenters. The van der Waals surface area contributed by atoms with E-state index in [-0.39, 0.29) is 12.7 Å². The van der Waals surface area contributed by atoms with Gasteiger partial charge < -0.3 is 15.3 Å². The fourth-order valence-electron chi connectivity index (χ4n) is 1.69. The topological polar surface area (TPSA) is 60.7 Å². The number of aliphatic hydroxyl groups excluding tert-OH is 2. The lowest BCUT2D eigenvalue weighted by Crippen LogP contribution is -2.06. The first kappa shape index (κ1) is 17.9. The maximum Gasteiger partial charge on any atom is 0.115 e. The van der Waals surface area contributed by atoms with Crippen molar-refractivity contribution in [2.24, 2.45) is 0 Å². The van der Waals surface area contributed by atoms with Crippen molar-refractivity contribution in [3.05, 3.63) is 30.3 Å². The molecule has 0 aromatic heterocycles. The molecule has 1 aromatic rings. The molecule has 0 radical (unpaired) electrons. The Labute approximate surface area is 116 Å². The Kier molecular flexibility index (Phi) is 12.6. The number of unbranched alkanes of at least 4 members (excludes halogenated alkanes) is 3. The number of para-hydroxylation sites is 1. The van der Waals surface area contributed by atoms with Gasteiger partial charge >= 0.3 is 0 Å². The predicted octanol–water partition coefficient (Wildman–Crippen LogP) is 3.48. The average molecular weight is 268 g/mol. The Morgan fingerprint density at radius 1 is 0.947 bits per heavy atom. The van der Waals surface area contributed by atoms with Gasteiger partial charge in [0.2, 0.25) is 0 Å². The van der Waals surface area contributed by atoms with Crippen molar-refractivity contribution >= 4 is 0 Å². The second kappa shape index (κ2) is 13.4. The van der Waals surface area contributed by atoms with Gasteiger partial charge in [-0.3, -0.25) is 0 Å². The summed E-state index contributed by atoms with van der Waals surface area (Å²) >= 11 is 0. The normalized spacial score (nSPS) is 11.5. The first-order chi connectivity index (χ1) is 9.20. The van der Waals surface area contributed by atoms with Crippen molar-refractivity contribution in [1.29, 1.82) is 0 Å². The summed E-state index contributed by atoms with van der Waals surface area (Å²) in [6.07, 6.45) is 6.98. The zero-order chi connectivity index (χ0) is 14.3. The standard InChI is InChI=1S/C10H22O2.C6H6O/c1-2-3-4-7-10(12)8-5-6-9-11;7-6-4-2-1-3-5-6/h10-12H,2-9H2,1H3;1-5,7H. The van der Waals surface area contributed by atoms with E-state index in [4.69, 9.17) is 10.2 Å². The Morgan fingerprint density at radius 3 is 1.95 bits per heavy atom. The maximum atomic E-state index is 9.42. The van der Waals surface area contributed by atoms with Gasteiger partial charge in [0.15, 0.2) is 0 Å². The number of phenols is 1. The van der Waals surface area contributed by atoms with Crippen molar-refractivity contribution in [2.75, 3.05) is 6.61 Å². The van der Waals surface area contributed by atoms with Gasteiger partial charge in [-0.05, 0) is 37.8 Å². The Bertz CT molecular complexity index is 265. The van der Waals surface area contributed by atoms with Crippen LogP contribution in [0.15, 0.2) is 30.3 Å². The third-order valence-corrected chi connectivity index (χ3v) is 2.84. The number of hydrogen-bond donors (Lipinski definition) is 3. The molecule has 1 aromatic carbocycles. The van der Waals surface area contributed by atoms with E-state index >= 15 is 0 Å². The molecule has 3 N–H and O–H groups in total. The number of hydrogen-bond acceptors (Lipinski definition) is 3. The van der Waals surface area contributed by atoms with Crippen LogP contribution in [0, 0.1) is 0 Å². The number of aromatic hydroxyl groups is 1. The van der Waals surface area contributed by atoms with Crippen molar-refractivity contribution in [2.45, 2.75) is 58.0 Å². The van der Waals surface area contributed by atoms with Crippen LogP contribution in [0.1, 0.15) is 51.9 Å². The van der Waals surface area contributed by atoms with Crippen LogP contribution in [-0.4, -0.2) is 28.0 Å². The van der Waals surface area contributed by atoms with Crippen LogP contribution in [-0.2, 0) is 0 Å². The van der Waals surface area contributed by atoms with E-state index in [1.54, 1.807) is 24.3 Å². The molecule has 3 heteroatoms. The SMILES string of the molecule is CCCCCC(O)CCCCO.Oc1ccccc1. The van der Waals surface area contributed by atoms with E-state index in [2.05, 4.69) is 6.92 Å². The average Bonchev–Trinajstić information content (AvgIpc) is 2.41. The minimum atomic E-state index is -0.136. The quantitative estimate of drug-likeness (QED) is 0.633. The van der Waals surface area contributed by atoms with Gasteiger partial charge in [0.25, 0.3) is 0 Å². The van der Waals surface area contributed by atoms with Gasteiger partial charge in [-0.25, -0.2) is 0 Å². The maximum absolute atomic E-state index is 9.42. The van der Waals surface area contributed by atoms with E-state index in [0.717, 1.165) is 32.1 Å². The van der Waals surface area contributed by atoms with Crippen LogP contribution in [0.2, 0.25) is 0 Å². The highest BCUT2D eigenvalue weighted by atomic mass is 16.3. The molecule has 0 saturated heterocycles. The first-order valence-electron chi connectivity index (χ1n) is 7.23. The summed E-state index contributed by atoms with van der Waals surface area (Å²) in [5.41, 5.74) is 0. The van der Waals surface area contributed by atoms with E-state index in [1.807, 2.05) is 6.07 Å². The molecule has 110 valence electrons. The summed E-state index contributed by atoms with van der Waals surface area (Å²) in [4.78, 5) is 0. The number of benzene rings is 1. The molecule has 19 heavy (non-hydrogen) atoms. The molecule has 1 rings (SSSR count). The smallest absolute Gasteiger partial charge is 0.115 e. The van der Waals surface area contributed by atoms with E-state index < -0.39 is 0 Å². The lowest BCUT2D eigenvalue weighted by atomic mass is 10.1. The highest BCUT2D eigenvalue weighted by Crippen LogP contribution is 2.09. The third kappa shape index (κ3) is 13.2. The zero-order valence-electron chi connectivity index (χ0n) is 12.0. The molecule has 0 fully saturated rings. The molecular weight excluding hydrogens is 240 g/mol. The molecule has 3 nitrogen and oxygen atoms in total. The van der Waals surface area contributed by atoms with Crippen LogP contribution in [0.4, 0.5) is 0 Å². The molecular formula is C16H28O3. The van der Waals surface area contributed by atoms with E-state index in [9.17, 15) is 5.11 Å². The van der Waals surface area contributed by atoms with Crippen LogP contribution in [0.3, 0.4) is 0 Å². The van der Waals surface area contributed by atoms with Crippen molar-refractivity contribution in [3.63, 3.8) is 0 Å². The minimum absolute atomic E-state index is 0.136. The second-order valence-electron chi connectivity index (χ2n) is 4.70. The number of aliphatic hydroxyl groups is 2. The van der Waals surface area contributed by atoms with Gasteiger partial charge in [-0.2, -0.15) is 0 Å². The first-order valence-corrected chi connectivity index (χ1v) is 7.23. The molecule has 0 amide bonds. The van der Waals surface area contributed by atoms with Crippen LogP contribution in [0.5, 0.6) is 5.75 Å². The Morgan fingerprint density at radius 2 is 1.53 bits per heavy atom. The Hall–Kier alpha value is -1.06. The number of rotatable bonds is 8. The van der Waals surface area contributed by atoms with Crippen LogP contribution in [0.25, 0.3) is 0 Å². The minimum Gasteiger partial charge on any atom is -0.508 e. The largest absolute Gasteiger partial charge is 0.508 e. The van der Waals surface area contributed by atoms with E-state index in [0.29, 0.717) is 5.75 Å². The van der Waals surface area contributed by atoms with Crippen molar-refractivity contribution in [3.8, 4) is 5.75 Å². The van der Waals surface area contributed by atoms with Crippen LogP contribution >= 0.6 is 0 Å². The Balaban J connectivity index is 0.000000388. The molecule has 0 aliphatic heterocycles. The molecule has 0 spiro atoms. The molecule has 1 atom stereocenters. The highest BCUT2D eigenvalue weighted by Gasteiger charge is 2.02. The third-order valence-electron chi connectivity index (χ3n) is 2.84. The summed E-state index contributed by atoms with van der Waals surface area (Å²) in [7, 11) is 0. The lowest BCUT2D eigenvalue weighted by Gasteiger charge is -2.08. The predicted molar refractivity (Wildman–Crippen MR) is 79.2 cm³/mol. The van der Waals surface area contributed by atoms with Crippen molar-refractivity contribution in [1.82, 2.24) is 0 Å². The van der Waals surface area contributed by atoms with Gasteiger partial charge in [0.1, 0.15) is 5.75 Å². The highest BCUT2D eigenvalue weighted by molar-refractivity contribution is 5.18. The molecule has 0 bridgehead atoms. The summed E-state index contributed by atoms with van der Waals surface area (Å²) in [5, 5.41) is 26.6.